The highest BCUT2D eigenvalue weighted by Gasteiger charge is 2.24. The van der Waals surface area contributed by atoms with Gasteiger partial charge >= 0.3 is 6.09 Å². The first-order chi connectivity index (χ1) is 21.2. The van der Waals surface area contributed by atoms with E-state index in [0.29, 0.717) is 24.1 Å². The van der Waals surface area contributed by atoms with E-state index < -0.39 is 6.09 Å². The van der Waals surface area contributed by atoms with E-state index in [-0.39, 0.29) is 30.9 Å². The smallest absolute Gasteiger partial charge is 0.416 e. The molecule has 0 aliphatic carbocycles. The van der Waals surface area contributed by atoms with Crippen molar-refractivity contribution in [3.8, 4) is 0 Å². The maximum absolute atomic E-state index is 13.4. The zero-order valence-electron chi connectivity index (χ0n) is 28.5. The summed E-state index contributed by atoms with van der Waals surface area (Å²) < 4.78 is 5.43. The number of ether oxygens (including phenoxy) is 1. The second kappa shape index (κ2) is 24.6. The van der Waals surface area contributed by atoms with Crippen LogP contribution in [0.5, 0.6) is 0 Å². The Labute approximate surface area is 267 Å². The third-order valence-electron chi connectivity index (χ3n) is 8.05. The van der Waals surface area contributed by atoms with Crippen LogP contribution < -0.4 is 0 Å². The normalized spacial score (nSPS) is 11.0. The fourth-order valence-electron chi connectivity index (χ4n) is 5.36. The summed E-state index contributed by atoms with van der Waals surface area (Å²) in [7, 11) is 3.85. The molecule has 0 aromatic heterocycles. The van der Waals surface area contributed by atoms with Crippen LogP contribution in [0.15, 0.2) is 24.3 Å². The summed E-state index contributed by atoms with van der Waals surface area (Å²) in [5.41, 5.74) is 0.829. The van der Waals surface area contributed by atoms with Crippen LogP contribution in [0.3, 0.4) is 0 Å². The molecule has 0 N–H and O–H groups in total. The van der Waals surface area contributed by atoms with Gasteiger partial charge in [0.05, 0.1) is 0 Å². The molecule has 250 valence electrons. The van der Waals surface area contributed by atoms with Gasteiger partial charge in [-0.2, -0.15) is 0 Å². The first-order valence-electron chi connectivity index (χ1n) is 17.2. The van der Waals surface area contributed by atoms with Gasteiger partial charge in [-0.25, -0.2) is 9.69 Å². The second-order valence-corrected chi connectivity index (χ2v) is 12.3. The summed E-state index contributed by atoms with van der Waals surface area (Å²) in [4.78, 5) is 54.8. The lowest BCUT2D eigenvalue weighted by Crippen LogP contribution is -2.38. The van der Waals surface area contributed by atoms with Crippen molar-refractivity contribution in [2.75, 3.05) is 33.7 Å². The quantitative estimate of drug-likeness (QED) is 0.109. The van der Waals surface area contributed by atoms with Crippen LogP contribution in [0.2, 0.25) is 0 Å². The van der Waals surface area contributed by atoms with Crippen LogP contribution in [0.25, 0.3) is 0 Å². The van der Waals surface area contributed by atoms with Gasteiger partial charge in [0.25, 0.3) is 5.91 Å². The Hall–Kier alpha value is -2.74. The highest BCUT2D eigenvalue weighted by Crippen LogP contribution is 2.17. The van der Waals surface area contributed by atoms with Crippen molar-refractivity contribution in [2.45, 2.75) is 137 Å². The number of benzene rings is 1. The highest BCUT2D eigenvalue weighted by molar-refractivity contribution is 6.05. The molecule has 1 aromatic carbocycles. The lowest BCUT2D eigenvalue weighted by molar-refractivity contribution is -0.128. The molecule has 0 aliphatic rings. The summed E-state index contributed by atoms with van der Waals surface area (Å²) in [5, 5.41) is 0. The topological polar surface area (TPSA) is 87.2 Å². The van der Waals surface area contributed by atoms with Crippen LogP contribution in [-0.2, 0) is 20.9 Å². The Bertz CT molecular complexity index is 965. The van der Waals surface area contributed by atoms with Gasteiger partial charge in [-0.1, -0.05) is 121 Å². The standard InChI is InChI=1S/C36H61N3O5/c1-6-7-8-9-10-11-12-13-14-15-16-17-18-19-20-23-28-38(31(2)40)35(42)34-26-22-21-25-33(34)30-44-36(43)39(32(3)41)29-24-27-37(4)5/h21-22,25-26H,6-20,23-24,27-30H2,1-5H3. The summed E-state index contributed by atoms with van der Waals surface area (Å²) >= 11 is 0. The molecule has 0 bridgehead atoms. The zero-order valence-corrected chi connectivity index (χ0v) is 28.5. The molecule has 0 spiro atoms. The summed E-state index contributed by atoms with van der Waals surface area (Å²) in [6.07, 6.45) is 20.1. The molecule has 0 heterocycles. The molecular formula is C36H61N3O5. The van der Waals surface area contributed by atoms with E-state index in [0.717, 1.165) is 30.7 Å². The molecule has 0 saturated carbocycles. The first kappa shape index (κ1) is 39.3. The van der Waals surface area contributed by atoms with E-state index in [4.69, 9.17) is 4.74 Å². The third-order valence-corrected chi connectivity index (χ3v) is 8.05. The van der Waals surface area contributed by atoms with Crippen LogP contribution in [0, 0.1) is 0 Å². The lowest BCUT2D eigenvalue weighted by Gasteiger charge is -2.22. The molecule has 0 atom stereocenters. The number of amides is 4. The van der Waals surface area contributed by atoms with Gasteiger partial charge in [0, 0.05) is 38.1 Å². The van der Waals surface area contributed by atoms with Crippen molar-refractivity contribution in [1.29, 1.82) is 0 Å². The first-order valence-corrected chi connectivity index (χ1v) is 17.2. The predicted molar refractivity (Wildman–Crippen MR) is 178 cm³/mol. The van der Waals surface area contributed by atoms with E-state index in [2.05, 4.69) is 6.92 Å². The number of imide groups is 2. The van der Waals surface area contributed by atoms with Gasteiger partial charge < -0.3 is 9.64 Å². The Balaban J connectivity index is 2.41. The Kier molecular flexibility index (Phi) is 21.9. The number of carbonyl (C=O) groups excluding carboxylic acids is 4. The van der Waals surface area contributed by atoms with Crippen molar-refractivity contribution in [3.05, 3.63) is 35.4 Å². The van der Waals surface area contributed by atoms with Crippen molar-refractivity contribution in [3.63, 3.8) is 0 Å². The molecule has 44 heavy (non-hydrogen) atoms. The fraction of sp³-hybridized carbons (Fsp3) is 0.722. The molecule has 8 nitrogen and oxygen atoms in total. The molecule has 0 fully saturated rings. The van der Waals surface area contributed by atoms with Crippen LogP contribution >= 0.6 is 0 Å². The van der Waals surface area contributed by atoms with Gasteiger partial charge in [0.1, 0.15) is 6.61 Å². The Morgan fingerprint density at radius 3 is 1.52 bits per heavy atom. The SMILES string of the molecule is CCCCCCCCCCCCCCCCCCN(C(C)=O)C(=O)c1ccccc1COC(=O)N(CCCN(C)C)C(C)=O. The molecule has 4 amide bonds. The monoisotopic (exact) mass is 615 g/mol. The molecule has 0 unspecified atom stereocenters. The van der Waals surface area contributed by atoms with Crippen molar-refractivity contribution >= 4 is 23.8 Å². The van der Waals surface area contributed by atoms with Crippen LogP contribution in [0.1, 0.15) is 146 Å². The van der Waals surface area contributed by atoms with E-state index >= 15 is 0 Å². The largest absolute Gasteiger partial charge is 0.444 e. The zero-order chi connectivity index (χ0) is 32.6. The number of hydrogen-bond acceptors (Lipinski definition) is 6. The average molecular weight is 616 g/mol. The molecule has 0 saturated heterocycles. The van der Waals surface area contributed by atoms with E-state index in [1.165, 1.54) is 102 Å². The van der Waals surface area contributed by atoms with Gasteiger partial charge in [-0.05, 0) is 39.5 Å². The van der Waals surface area contributed by atoms with E-state index in [9.17, 15) is 19.2 Å². The van der Waals surface area contributed by atoms with E-state index in [1.54, 1.807) is 24.3 Å². The van der Waals surface area contributed by atoms with Gasteiger partial charge in [-0.15, -0.1) is 0 Å². The number of rotatable bonds is 24. The second-order valence-electron chi connectivity index (χ2n) is 12.3. The summed E-state index contributed by atoms with van der Waals surface area (Å²) in [5.74, 6) is -1.08. The van der Waals surface area contributed by atoms with Gasteiger partial charge in [0.15, 0.2) is 0 Å². The van der Waals surface area contributed by atoms with Gasteiger partial charge in [-0.3, -0.25) is 19.3 Å². The number of hydrogen-bond donors (Lipinski definition) is 0. The Morgan fingerprint density at radius 2 is 1.05 bits per heavy atom. The maximum Gasteiger partial charge on any atom is 0.416 e. The minimum absolute atomic E-state index is 0.164. The van der Waals surface area contributed by atoms with Crippen LogP contribution in [0.4, 0.5) is 4.79 Å². The lowest BCUT2D eigenvalue weighted by atomic mass is 10.0. The molecule has 8 heteroatoms. The molecule has 1 rings (SSSR count). The molecule has 0 aliphatic heterocycles. The molecular weight excluding hydrogens is 554 g/mol. The number of nitrogens with zero attached hydrogens (tertiary/aromatic N) is 3. The third kappa shape index (κ3) is 17.5. The molecule has 0 radical (unpaired) electrons. The summed E-state index contributed by atoms with van der Waals surface area (Å²) in [6, 6.07) is 6.84. The minimum atomic E-state index is -0.741. The molecule has 1 aromatic rings. The fourth-order valence-corrected chi connectivity index (χ4v) is 5.36. The predicted octanol–water partition coefficient (Wildman–Crippen LogP) is 8.37. The number of unbranched alkanes of at least 4 members (excludes halogenated alkanes) is 15. The van der Waals surface area contributed by atoms with Crippen LogP contribution in [-0.4, -0.2) is 72.2 Å². The van der Waals surface area contributed by atoms with Crippen molar-refractivity contribution < 1.29 is 23.9 Å². The van der Waals surface area contributed by atoms with E-state index in [1.807, 2.05) is 19.0 Å². The maximum atomic E-state index is 13.4. The highest BCUT2D eigenvalue weighted by atomic mass is 16.6. The Morgan fingerprint density at radius 1 is 0.591 bits per heavy atom. The summed E-state index contributed by atoms with van der Waals surface area (Å²) in [6.45, 7) is 6.19. The number of carbonyl (C=O) groups is 4. The van der Waals surface area contributed by atoms with Crippen molar-refractivity contribution in [1.82, 2.24) is 14.7 Å². The minimum Gasteiger partial charge on any atom is -0.444 e. The average Bonchev–Trinajstić information content (AvgIpc) is 2.99. The van der Waals surface area contributed by atoms with Crippen molar-refractivity contribution in [2.24, 2.45) is 0 Å². The van der Waals surface area contributed by atoms with Gasteiger partial charge in [0.2, 0.25) is 11.8 Å².